The Labute approximate surface area is 186 Å². The van der Waals surface area contributed by atoms with Crippen molar-refractivity contribution in [2.75, 3.05) is 23.4 Å². The molecule has 0 saturated carbocycles. The first-order chi connectivity index (χ1) is 13.7. The van der Waals surface area contributed by atoms with Crippen LogP contribution in [0.5, 0.6) is 0 Å². The highest BCUT2D eigenvalue weighted by Crippen LogP contribution is 2.29. The highest BCUT2D eigenvalue weighted by Gasteiger charge is 2.36. The third-order valence-corrected chi connectivity index (χ3v) is 5.90. The van der Waals surface area contributed by atoms with E-state index >= 15 is 0 Å². The number of carbonyl (C=O) groups is 3. The molecule has 0 bridgehead atoms. The van der Waals surface area contributed by atoms with Gasteiger partial charge < -0.3 is 15.0 Å². The molecule has 1 N–H and O–H groups in total. The third-order valence-electron chi connectivity index (χ3n) is 4.47. The molecule has 0 spiro atoms. The Morgan fingerprint density at radius 3 is 2.76 bits per heavy atom. The van der Waals surface area contributed by atoms with Gasteiger partial charge in [0.1, 0.15) is 0 Å². The molecule has 9 heteroatoms. The molecule has 152 valence electrons. The molecule has 2 amide bonds. The molecular formula is C20H17BrCl2N2O4. The van der Waals surface area contributed by atoms with E-state index in [0.29, 0.717) is 21.4 Å². The van der Waals surface area contributed by atoms with Crippen LogP contribution in [0.15, 0.2) is 40.9 Å². The minimum absolute atomic E-state index is 0.0222. The fourth-order valence-corrected chi connectivity index (χ4v) is 3.79. The molecule has 1 aliphatic rings. The van der Waals surface area contributed by atoms with Crippen LogP contribution in [0.25, 0.3) is 0 Å². The summed E-state index contributed by atoms with van der Waals surface area (Å²) in [5.74, 6) is -1.92. The fraction of sp³-hybridized carbons (Fsp3) is 0.250. The van der Waals surface area contributed by atoms with Crippen molar-refractivity contribution in [2.24, 2.45) is 5.92 Å². The van der Waals surface area contributed by atoms with Gasteiger partial charge in [0.05, 0.1) is 10.9 Å². The van der Waals surface area contributed by atoms with Crippen molar-refractivity contribution in [3.8, 4) is 0 Å². The van der Waals surface area contributed by atoms with E-state index in [2.05, 4.69) is 21.2 Å². The lowest BCUT2D eigenvalue weighted by Gasteiger charge is -2.16. The first kappa shape index (κ1) is 21.6. The topological polar surface area (TPSA) is 75.7 Å². The summed E-state index contributed by atoms with van der Waals surface area (Å²) in [5.41, 5.74) is 1.96. The maximum atomic E-state index is 12.3. The lowest BCUT2D eigenvalue weighted by Crippen LogP contribution is -2.28. The van der Waals surface area contributed by atoms with Gasteiger partial charge in [0.15, 0.2) is 6.61 Å². The number of ether oxygens (including phenoxy) is 1. The van der Waals surface area contributed by atoms with Gasteiger partial charge in [0, 0.05) is 33.8 Å². The first-order valence-corrected chi connectivity index (χ1v) is 10.3. The number of aryl methyl sites for hydroxylation is 1. The van der Waals surface area contributed by atoms with Gasteiger partial charge in [0.2, 0.25) is 5.91 Å². The Morgan fingerprint density at radius 2 is 2.03 bits per heavy atom. The summed E-state index contributed by atoms with van der Waals surface area (Å²) in [6.07, 6.45) is 0.0222. The highest BCUT2D eigenvalue weighted by atomic mass is 79.9. The van der Waals surface area contributed by atoms with Crippen molar-refractivity contribution in [1.82, 2.24) is 0 Å². The maximum absolute atomic E-state index is 12.3. The van der Waals surface area contributed by atoms with Crippen LogP contribution in [-0.4, -0.2) is 30.9 Å². The first-order valence-electron chi connectivity index (χ1n) is 8.72. The second kappa shape index (κ2) is 9.15. The Bertz CT molecular complexity index is 983. The number of benzene rings is 2. The molecule has 1 fully saturated rings. The van der Waals surface area contributed by atoms with Gasteiger partial charge in [-0.25, -0.2) is 0 Å². The molecule has 3 rings (SSSR count). The SMILES string of the molecule is Cc1cc(Br)c(Cl)cc1NC(=O)COC(=O)[C@@H]1CC(=O)N(c2cccc(Cl)c2)C1. The second-order valence-electron chi connectivity index (χ2n) is 6.62. The summed E-state index contributed by atoms with van der Waals surface area (Å²) >= 11 is 15.3. The fourth-order valence-electron chi connectivity index (χ4n) is 2.98. The summed E-state index contributed by atoms with van der Waals surface area (Å²) < 4.78 is 5.83. The van der Waals surface area contributed by atoms with Crippen LogP contribution < -0.4 is 10.2 Å². The lowest BCUT2D eigenvalue weighted by atomic mass is 10.1. The summed E-state index contributed by atoms with van der Waals surface area (Å²) in [7, 11) is 0. The average Bonchev–Trinajstić information content (AvgIpc) is 3.06. The quantitative estimate of drug-likeness (QED) is 0.610. The number of nitrogens with zero attached hydrogens (tertiary/aromatic N) is 1. The average molecular weight is 500 g/mol. The Morgan fingerprint density at radius 1 is 1.28 bits per heavy atom. The minimum atomic E-state index is -0.641. The van der Waals surface area contributed by atoms with Gasteiger partial charge in [0.25, 0.3) is 5.91 Å². The van der Waals surface area contributed by atoms with Gasteiger partial charge >= 0.3 is 5.97 Å². The molecule has 0 unspecified atom stereocenters. The number of hydrogen-bond donors (Lipinski definition) is 1. The summed E-state index contributed by atoms with van der Waals surface area (Å²) in [6, 6.07) is 10.2. The Hall–Kier alpha value is -2.09. The van der Waals surface area contributed by atoms with Crippen molar-refractivity contribution < 1.29 is 19.1 Å². The van der Waals surface area contributed by atoms with Gasteiger partial charge in [-0.2, -0.15) is 0 Å². The van der Waals surface area contributed by atoms with Gasteiger partial charge in [-0.05, 0) is 58.7 Å². The molecule has 2 aromatic carbocycles. The van der Waals surface area contributed by atoms with E-state index in [1.807, 2.05) is 6.92 Å². The van der Waals surface area contributed by atoms with Crippen molar-refractivity contribution in [2.45, 2.75) is 13.3 Å². The van der Waals surface area contributed by atoms with E-state index in [1.165, 1.54) is 4.90 Å². The predicted octanol–water partition coefficient (Wildman–Crippen LogP) is 4.60. The van der Waals surface area contributed by atoms with E-state index < -0.39 is 24.4 Å². The largest absolute Gasteiger partial charge is 0.455 e. The van der Waals surface area contributed by atoms with Gasteiger partial charge in [-0.15, -0.1) is 0 Å². The molecule has 0 aliphatic carbocycles. The van der Waals surface area contributed by atoms with Crippen LogP contribution in [0, 0.1) is 12.8 Å². The number of hydrogen-bond acceptors (Lipinski definition) is 4. The van der Waals surface area contributed by atoms with E-state index in [1.54, 1.807) is 36.4 Å². The molecule has 1 saturated heterocycles. The number of amides is 2. The van der Waals surface area contributed by atoms with Crippen LogP contribution in [0.4, 0.5) is 11.4 Å². The Kier molecular flexibility index (Phi) is 6.82. The number of halogens is 3. The molecule has 1 atom stereocenters. The van der Waals surface area contributed by atoms with Gasteiger partial charge in [-0.1, -0.05) is 29.3 Å². The molecule has 0 radical (unpaired) electrons. The molecule has 29 heavy (non-hydrogen) atoms. The van der Waals surface area contributed by atoms with Crippen molar-refractivity contribution in [3.05, 3.63) is 56.5 Å². The van der Waals surface area contributed by atoms with Crippen LogP contribution in [-0.2, 0) is 19.1 Å². The summed E-state index contributed by atoms with van der Waals surface area (Å²) in [6.45, 7) is 1.55. The van der Waals surface area contributed by atoms with Crippen LogP contribution >= 0.6 is 39.1 Å². The van der Waals surface area contributed by atoms with E-state index in [4.69, 9.17) is 27.9 Å². The third kappa shape index (κ3) is 5.29. The zero-order chi connectivity index (χ0) is 21.1. The smallest absolute Gasteiger partial charge is 0.311 e. The molecule has 2 aromatic rings. The van der Waals surface area contributed by atoms with Crippen LogP contribution in [0.1, 0.15) is 12.0 Å². The van der Waals surface area contributed by atoms with E-state index in [0.717, 1.165) is 10.0 Å². The normalized spacial score (nSPS) is 16.1. The maximum Gasteiger partial charge on any atom is 0.311 e. The Balaban J connectivity index is 1.55. The number of anilines is 2. The standard InChI is InChI=1S/C20H17BrCl2N2O4/c1-11-5-15(21)16(23)8-17(11)24-18(26)10-29-20(28)12-6-19(27)25(9-12)14-4-2-3-13(22)7-14/h2-5,7-8,12H,6,9-10H2,1H3,(H,24,26)/t12-/m1/s1. The van der Waals surface area contributed by atoms with Crippen LogP contribution in [0.3, 0.4) is 0 Å². The lowest BCUT2D eigenvalue weighted by molar-refractivity contribution is -0.151. The molecule has 0 aromatic heterocycles. The molecular weight excluding hydrogens is 483 g/mol. The zero-order valence-electron chi connectivity index (χ0n) is 15.4. The van der Waals surface area contributed by atoms with Crippen molar-refractivity contribution in [1.29, 1.82) is 0 Å². The van der Waals surface area contributed by atoms with Crippen molar-refractivity contribution >= 4 is 68.3 Å². The van der Waals surface area contributed by atoms with Crippen LogP contribution in [0.2, 0.25) is 10.0 Å². The molecule has 1 heterocycles. The number of nitrogens with one attached hydrogen (secondary N) is 1. The second-order valence-corrected chi connectivity index (χ2v) is 8.32. The summed E-state index contributed by atoms with van der Waals surface area (Å²) in [4.78, 5) is 38.2. The predicted molar refractivity (Wildman–Crippen MR) is 115 cm³/mol. The summed E-state index contributed by atoms with van der Waals surface area (Å²) in [5, 5.41) is 3.61. The number of esters is 1. The van der Waals surface area contributed by atoms with Crippen molar-refractivity contribution in [3.63, 3.8) is 0 Å². The monoisotopic (exact) mass is 498 g/mol. The minimum Gasteiger partial charge on any atom is -0.455 e. The molecule has 1 aliphatic heterocycles. The van der Waals surface area contributed by atoms with Gasteiger partial charge in [-0.3, -0.25) is 14.4 Å². The number of carbonyl (C=O) groups excluding carboxylic acids is 3. The molecule has 6 nitrogen and oxygen atoms in total. The highest BCUT2D eigenvalue weighted by molar-refractivity contribution is 9.10. The number of rotatable bonds is 5. The van der Waals surface area contributed by atoms with E-state index in [-0.39, 0.29) is 18.9 Å². The zero-order valence-corrected chi connectivity index (χ0v) is 18.5. The van der Waals surface area contributed by atoms with E-state index in [9.17, 15) is 14.4 Å².